The highest BCUT2D eigenvalue weighted by Gasteiger charge is 2.32. The normalized spacial score (nSPS) is 14.9. The van der Waals surface area contributed by atoms with E-state index in [1.807, 2.05) is 27.0 Å². The van der Waals surface area contributed by atoms with Gasteiger partial charge in [0.1, 0.15) is 5.66 Å². The number of carboxylic acid groups (broad SMARTS) is 1. The van der Waals surface area contributed by atoms with Gasteiger partial charge in [-0.15, -0.1) is 0 Å². The van der Waals surface area contributed by atoms with Crippen LogP contribution in [0.1, 0.15) is 75.5 Å². The number of benzene rings is 1. The molecule has 6 heteroatoms. The summed E-state index contributed by atoms with van der Waals surface area (Å²) in [4.78, 5) is 17.3. The lowest BCUT2D eigenvalue weighted by molar-refractivity contribution is -0.136. The van der Waals surface area contributed by atoms with Gasteiger partial charge in [-0.25, -0.2) is 0 Å². The van der Waals surface area contributed by atoms with Crippen LogP contribution in [-0.2, 0) is 17.6 Å². The second-order valence-electron chi connectivity index (χ2n) is 8.98. The lowest BCUT2D eigenvalue weighted by atomic mass is 9.87. The summed E-state index contributed by atoms with van der Waals surface area (Å²) in [6.07, 6.45) is 8.24. The molecule has 0 aliphatic heterocycles. The highest BCUT2D eigenvalue weighted by molar-refractivity contribution is 7.41. The Morgan fingerprint density at radius 2 is 1.81 bits per heavy atom. The molecular weight excluding hydrogens is 405 g/mol. The third-order valence-corrected chi connectivity index (χ3v) is 7.27. The Bertz CT molecular complexity index is 1070. The first-order valence-corrected chi connectivity index (χ1v) is 12.3. The molecule has 0 fully saturated rings. The molecule has 0 saturated carbocycles. The number of pyridine rings is 1. The van der Waals surface area contributed by atoms with Crippen LogP contribution >= 0.6 is 8.58 Å². The maximum absolute atomic E-state index is 12.4. The topological polar surface area (TPSA) is 78.9 Å². The summed E-state index contributed by atoms with van der Waals surface area (Å²) >= 11 is 0. The molecule has 1 aliphatic carbocycles. The van der Waals surface area contributed by atoms with Gasteiger partial charge in [0.2, 0.25) is 0 Å². The number of H-pyrrole nitrogens is 1. The molecule has 1 aromatic carbocycles. The molecule has 0 spiro atoms. The minimum absolute atomic E-state index is 0.0893. The summed E-state index contributed by atoms with van der Waals surface area (Å²) in [5.74, 6) is -0.787. The van der Waals surface area contributed by atoms with E-state index in [0.717, 1.165) is 46.1 Å². The highest BCUT2D eigenvalue weighted by Crippen LogP contribution is 2.49. The molecule has 31 heavy (non-hydrogen) atoms. The van der Waals surface area contributed by atoms with Crippen molar-refractivity contribution in [1.29, 1.82) is 0 Å². The van der Waals surface area contributed by atoms with Crippen LogP contribution in [-0.4, -0.2) is 31.4 Å². The zero-order valence-electron chi connectivity index (χ0n) is 19.5. The Balaban J connectivity index is 0.00000132. The SMILES string of the molecule is CC.Cc1nc2cc3c(cc2c(-c2cn[nH]c2)c1C(PC(C)(C)C)C(=O)O)CCCC3. The van der Waals surface area contributed by atoms with Gasteiger partial charge in [-0.05, 0) is 61.0 Å². The first-order valence-electron chi connectivity index (χ1n) is 11.2. The second kappa shape index (κ2) is 9.48. The van der Waals surface area contributed by atoms with Crippen molar-refractivity contribution in [2.75, 3.05) is 0 Å². The Kier molecular flexibility index (Phi) is 7.16. The van der Waals surface area contributed by atoms with Crippen LogP contribution in [0.15, 0.2) is 24.5 Å². The minimum atomic E-state index is -0.787. The van der Waals surface area contributed by atoms with Crippen LogP contribution in [0.4, 0.5) is 0 Å². The number of aryl methyl sites for hydroxylation is 3. The predicted octanol–water partition coefficient (Wildman–Crippen LogP) is 6.44. The predicted molar refractivity (Wildman–Crippen MR) is 130 cm³/mol. The zero-order chi connectivity index (χ0) is 22.8. The van der Waals surface area contributed by atoms with Gasteiger partial charge in [-0.3, -0.25) is 14.9 Å². The van der Waals surface area contributed by atoms with Crippen LogP contribution in [0.3, 0.4) is 0 Å². The van der Waals surface area contributed by atoms with E-state index in [0.29, 0.717) is 0 Å². The van der Waals surface area contributed by atoms with Crippen LogP contribution in [0.25, 0.3) is 22.0 Å². The van der Waals surface area contributed by atoms with E-state index in [1.54, 1.807) is 6.20 Å². The van der Waals surface area contributed by atoms with Crippen LogP contribution < -0.4 is 0 Å². The monoisotopic (exact) mass is 439 g/mol. The summed E-state index contributed by atoms with van der Waals surface area (Å²) < 4.78 is 0. The van der Waals surface area contributed by atoms with Crippen molar-refractivity contribution in [2.45, 2.75) is 78.0 Å². The smallest absolute Gasteiger partial charge is 0.315 e. The Labute approximate surface area is 186 Å². The largest absolute Gasteiger partial charge is 0.481 e. The van der Waals surface area contributed by atoms with Crippen molar-refractivity contribution < 1.29 is 9.90 Å². The number of carboxylic acids is 1. The van der Waals surface area contributed by atoms with Gasteiger partial charge in [0, 0.05) is 34.0 Å². The van der Waals surface area contributed by atoms with Gasteiger partial charge in [0.25, 0.3) is 0 Å². The third kappa shape index (κ3) is 4.98. The number of aromatic amines is 1. The van der Waals surface area contributed by atoms with Gasteiger partial charge < -0.3 is 5.11 Å². The van der Waals surface area contributed by atoms with Crippen molar-refractivity contribution in [3.63, 3.8) is 0 Å². The molecule has 2 N–H and O–H groups in total. The summed E-state index contributed by atoms with van der Waals surface area (Å²) in [5, 5.41) is 18.2. The molecule has 2 aromatic heterocycles. The van der Waals surface area contributed by atoms with Gasteiger partial charge in [0.05, 0.1) is 11.7 Å². The molecule has 0 radical (unpaired) electrons. The molecule has 4 rings (SSSR count). The van der Waals surface area contributed by atoms with Crippen molar-refractivity contribution in [3.05, 3.63) is 46.9 Å². The molecule has 3 aromatic rings. The molecule has 1 aliphatic rings. The van der Waals surface area contributed by atoms with Crippen molar-refractivity contribution in [1.82, 2.24) is 15.2 Å². The van der Waals surface area contributed by atoms with Gasteiger partial charge in [-0.2, -0.15) is 5.10 Å². The maximum atomic E-state index is 12.4. The standard InChI is InChI=1S/C23H28N3O2P.C2H6/c1-13-19(21(22(27)28)29-23(2,3)4)20(16-11-24-25-12-16)17-9-14-7-5-6-8-15(14)10-18(17)26-13;1-2/h9-12,21,29H,5-8H2,1-4H3,(H,24,25)(H,27,28);1-2H3. The van der Waals surface area contributed by atoms with E-state index in [2.05, 4.69) is 43.1 Å². The zero-order valence-corrected chi connectivity index (χ0v) is 20.5. The summed E-state index contributed by atoms with van der Waals surface area (Å²) in [6.45, 7) is 12.2. The number of fused-ring (bicyclic) bond motifs is 2. The third-order valence-electron chi connectivity index (χ3n) is 5.58. The quantitative estimate of drug-likeness (QED) is 0.459. The molecular formula is C25H34N3O2P. The Morgan fingerprint density at radius 1 is 1.16 bits per heavy atom. The van der Waals surface area contributed by atoms with Crippen LogP contribution in [0.2, 0.25) is 0 Å². The molecule has 166 valence electrons. The van der Waals surface area contributed by atoms with E-state index in [4.69, 9.17) is 4.98 Å². The van der Waals surface area contributed by atoms with Gasteiger partial charge in [0.15, 0.2) is 0 Å². The number of nitrogens with zero attached hydrogens (tertiary/aromatic N) is 2. The fourth-order valence-electron chi connectivity index (χ4n) is 4.37. The van der Waals surface area contributed by atoms with Gasteiger partial charge >= 0.3 is 5.97 Å². The fourth-order valence-corrected chi connectivity index (χ4v) is 5.86. The molecule has 0 amide bonds. The number of hydrogen-bond donors (Lipinski definition) is 2. The lowest BCUT2D eigenvalue weighted by Crippen LogP contribution is -2.17. The van der Waals surface area contributed by atoms with E-state index >= 15 is 0 Å². The molecule has 2 atom stereocenters. The number of hydrogen-bond acceptors (Lipinski definition) is 3. The maximum Gasteiger partial charge on any atom is 0.315 e. The summed E-state index contributed by atoms with van der Waals surface area (Å²) in [6, 6.07) is 4.47. The molecule has 0 bridgehead atoms. The number of nitrogens with one attached hydrogen (secondary N) is 1. The first-order chi connectivity index (χ1) is 14.7. The second-order valence-corrected chi connectivity index (χ2v) is 11.3. The summed E-state index contributed by atoms with van der Waals surface area (Å²) in [7, 11) is 0.245. The van der Waals surface area contributed by atoms with Crippen LogP contribution in [0.5, 0.6) is 0 Å². The first kappa shape index (κ1) is 23.4. The van der Waals surface area contributed by atoms with Crippen LogP contribution in [0, 0.1) is 6.92 Å². The van der Waals surface area contributed by atoms with Crippen molar-refractivity contribution >= 4 is 25.5 Å². The lowest BCUT2D eigenvalue weighted by Gasteiger charge is -2.27. The summed E-state index contributed by atoms with van der Waals surface area (Å²) in [5.41, 5.74) is 6.64. The number of carbonyl (C=O) groups is 1. The molecule has 0 saturated heterocycles. The molecule has 5 nitrogen and oxygen atoms in total. The molecule has 2 heterocycles. The highest BCUT2D eigenvalue weighted by atomic mass is 31.1. The Morgan fingerprint density at radius 3 is 2.35 bits per heavy atom. The van der Waals surface area contributed by atoms with Crippen molar-refractivity contribution in [3.8, 4) is 11.1 Å². The Hall–Kier alpha value is -2.26. The molecule has 2 unspecified atom stereocenters. The average Bonchev–Trinajstić information content (AvgIpc) is 3.25. The van der Waals surface area contributed by atoms with E-state index < -0.39 is 11.6 Å². The minimum Gasteiger partial charge on any atom is -0.481 e. The van der Waals surface area contributed by atoms with Gasteiger partial charge in [-0.1, -0.05) is 43.2 Å². The van der Waals surface area contributed by atoms with Crippen molar-refractivity contribution in [2.24, 2.45) is 0 Å². The fraction of sp³-hybridized carbons (Fsp3) is 0.480. The average molecular weight is 440 g/mol. The number of aromatic nitrogens is 3. The van der Waals surface area contributed by atoms with E-state index in [9.17, 15) is 9.90 Å². The number of aliphatic carboxylic acids is 1. The van der Waals surface area contributed by atoms with E-state index in [-0.39, 0.29) is 13.7 Å². The number of rotatable bonds is 4. The van der Waals surface area contributed by atoms with E-state index in [1.165, 1.54) is 24.0 Å².